The van der Waals surface area contributed by atoms with E-state index >= 15 is 0 Å². The number of carbonyl (C=O) groups is 2. The van der Waals surface area contributed by atoms with Crippen LogP contribution in [0.2, 0.25) is 0 Å². The Morgan fingerprint density at radius 1 is 0.935 bits per heavy atom. The molecule has 4 fully saturated rings. The zero-order chi connectivity index (χ0) is 22.6. The number of aliphatic hydroxyl groups excluding tert-OH is 1. The smallest absolute Gasteiger partial charge is 0.302 e. The van der Waals surface area contributed by atoms with Crippen LogP contribution in [0.3, 0.4) is 0 Å². The molecular formula is C26H42O5. The zero-order valence-electron chi connectivity index (χ0n) is 20.1. The number of ether oxygens (including phenoxy) is 2. The van der Waals surface area contributed by atoms with Crippen molar-refractivity contribution in [1.29, 1.82) is 0 Å². The molecule has 0 radical (unpaired) electrons. The third-order valence-corrected chi connectivity index (χ3v) is 10.3. The normalized spacial score (nSPS) is 47.5. The van der Waals surface area contributed by atoms with E-state index in [-0.39, 0.29) is 41.6 Å². The minimum Gasteiger partial charge on any atom is -0.463 e. The molecule has 5 heteroatoms. The number of hydrogen-bond acceptors (Lipinski definition) is 5. The van der Waals surface area contributed by atoms with Crippen molar-refractivity contribution in [3.8, 4) is 0 Å². The molecule has 0 saturated heterocycles. The lowest BCUT2D eigenvalue weighted by Crippen LogP contribution is -2.59. The van der Waals surface area contributed by atoms with Crippen LogP contribution in [0.15, 0.2) is 0 Å². The second-order valence-corrected chi connectivity index (χ2v) is 11.8. The first-order valence-corrected chi connectivity index (χ1v) is 12.6. The van der Waals surface area contributed by atoms with Crippen molar-refractivity contribution in [2.45, 2.75) is 98.2 Å². The molecule has 0 aliphatic heterocycles. The van der Waals surface area contributed by atoms with Crippen LogP contribution in [0, 0.1) is 46.3 Å². The van der Waals surface area contributed by atoms with Crippen LogP contribution in [0.1, 0.15) is 86.0 Å². The molecule has 4 rings (SSSR count). The second kappa shape index (κ2) is 8.35. The average Bonchev–Trinajstić information content (AvgIpc) is 3.04. The van der Waals surface area contributed by atoms with Crippen molar-refractivity contribution in [3.05, 3.63) is 0 Å². The van der Waals surface area contributed by atoms with E-state index in [1.54, 1.807) is 6.92 Å². The van der Waals surface area contributed by atoms with Crippen LogP contribution in [0.5, 0.6) is 0 Å². The molecule has 31 heavy (non-hydrogen) atoms. The highest BCUT2D eigenvalue weighted by Crippen LogP contribution is 2.68. The van der Waals surface area contributed by atoms with E-state index in [0.29, 0.717) is 35.5 Å². The van der Waals surface area contributed by atoms with Gasteiger partial charge in [0.15, 0.2) is 0 Å². The number of hydrogen-bond donors (Lipinski definition) is 1. The van der Waals surface area contributed by atoms with Gasteiger partial charge in [-0.3, -0.25) is 9.59 Å². The van der Waals surface area contributed by atoms with Gasteiger partial charge in [-0.2, -0.15) is 0 Å². The zero-order valence-corrected chi connectivity index (χ0v) is 20.1. The van der Waals surface area contributed by atoms with Gasteiger partial charge < -0.3 is 14.6 Å². The summed E-state index contributed by atoms with van der Waals surface area (Å²) in [7, 11) is 0. The quantitative estimate of drug-likeness (QED) is 0.647. The van der Waals surface area contributed by atoms with Crippen LogP contribution in [-0.4, -0.2) is 35.9 Å². The summed E-state index contributed by atoms with van der Waals surface area (Å²) < 4.78 is 11.7. The molecule has 0 aromatic rings. The largest absolute Gasteiger partial charge is 0.463 e. The van der Waals surface area contributed by atoms with Gasteiger partial charge in [0.2, 0.25) is 0 Å². The Hall–Kier alpha value is -1.10. The Bertz CT molecular complexity index is 706. The molecule has 0 bridgehead atoms. The van der Waals surface area contributed by atoms with E-state index in [4.69, 9.17) is 9.47 Å². The highest BCUT2D eigenvalue weighted by Gasteiger charge is 2.63. The van der Waals surface area contributed by atoms with Crippen LogP contribution in [0.4, 0.5) is 0 Å². The van der Waals surface area contributed by atoms with Gasteiger partial charge in [0.25, 0.3) is 0 Å². The molecule has 176 valence electrons. The summed E-state index contributed by atoms with van der Waals surface area (Å²) in [6, 6.07) is 0. The van der Waals surface area contributed by atoms with E-state index in [2.05, 4.69) is 20.8 Å². The molecule has 0 heterocycles. The summed E-state index contributed by atoms with van der Waals surface area (Å²) in [6.07, 6.45) is 8.51. The van der Waals surface area contributed by atoms with Crippen molar-refractivity contribution in [2.75, 3.05) is 6.61 Å². The molecule has 3 unspecified atom stereocenters. The van der Waals surface area contributed by atoms with E-state index in [0.717, 1.165) is 25.7 Å². The molecular weight excluding hydrogens is 392 g/mol. The number of esters is 2. The summed E-state index contributed by atoms with van der Waals surface area (Å²) in [6.45, 7) is 10.4. The third-order valence-electron chi connectivity index (χ3n) is 10.3. The lowest BCUT2D eigenvalue weighted by atomic mass is 9.43. The van der Waals surface area contributed by atoms with Crippen molar-refractivity contribution >= 4 is 11.9 Å². The summed E-state index contributed by atoms with van der Waals surface area (Å²) in [5.74, 6) is 2.44. The Kier molecular flexibility index (Phi) is 6.22. The predicted octanol–water partition coefficient (Wildman–Crippen LogP) is 4.75. The molecule has 4 aliphatic rings. The van der Waals surface area contributed by atoms with Gasteiger partial charge in [0, 0.05) is 26.4 Å². The van der Waals surface area contributed by atoms with Gasteiger partial charge in [-0.05, 0) is 91.8 Å². The SMILES string of the molecule is CC(=O)OC1C[C@@H]2C[C@@H](OC(C)=O)CC[C@]2(C)C2CC[C@@]3(C)C(CC[C@@H]3[C@H](C)CO)[C@H]12. The molecule has 0 spiro atoms. The van der Waals surface area contributed by atoms with Gasteiger partial charge in [-0.1, -0.05) is 20.8 Å². The fraction of sp³-hybridized carbons (Fsp3) is 0.923. The maximum atomic E-state index is 12.1. The first kappa shape index (κ1) is 23.1. The van der Waals surface area contributed by atoms with Crippen LogP contribution >= 0.6 is 0 Å². The van der Waals surface area contributed by atoms with Crippen LogP contribution < -0.4 is 0 Å². The molecule has 4 saturated carbocycles. The number of rotatable bonds is 4. The maximum absolute atomic E-state index is 12.1. The Morgan fingerprint density at radius 3 is 2.23 bits per heavy atom. The molecule has 0 aromatic carbocycles. The van der Waals surface area contributed by atoms with Crippen LogP contribution in [0.25, 0.3) is 0 Å². The average molecular weight is 435 g/mol. The van der Waals surface area contributed by atoms with Gasteiger partial charge in [0.1, 0.15) is 12.2 Å². The van der Waals surface area contributed by atoms with E-state index < -0.39 is 0 Å². The number of aliphatic hydroxyl groups is 1. The molecule has 5 nitrogen and oxygen atoms in total. The Morgan fingerprint density at radius 2 is 1.58 bits per heavy atom. The molecule has 0 aromatic heterocycles. The fourth-order valence-electron chi connectivity index (χ4n) is 8.94. The van der Waals surface area contributed by atoms with Gasteiger partial charge in [-0.25, -0.2) is 0 Å². The topological polar surface area (TPSA) is 72.8 Å². The number of fused-ring (bicyclic) bond motifs is 5. The van der Waals surface area contributed by atoms with Crippen LogP contribution in [-0.2, 0) is 19.1 Å². The summed E-state index contributed by atoms with van der Waals surface area (Å²) in [5, 5.41) is 9.88. The summed E-state index contributed by atoms with van der Waals surface area (Å²) >= 11 is 0. The minimum absolute atomic E-state index is 0.000208. The monoisotopic (exact) mass is 434 g/mol. The molecule has 4 aliphatic carbocycles. The minimum atomic E-state index is -0.192. The maximum Gasteiger partial charge on any atom is 0.302 e. The summed E-state index contributed by atoms with van der Waals surface area (Å²) in [5.41, 5.74) is 0.444. The van der Waals surface area contributed by atoms with Gasteiger partial charge in [0.05, 0.1) is 0 Å². The Balaban J connectivity index is 1.64. The highest BCUT2D eigenvalue weighted by atomic mass is 16.5. The summed E-state index contributed by atoms with van der Waals surface area (Å²) in [4.78, 5) is 23.7. The Labute approximate surface area is 187 Å². The molecule has 1 N–H and O–H groups in total. The first-order valence-electron chi connectivity index (χ1n) is 12.6. The van der Waals surface area contributed by atoms with Crippen molar-refractivity contribution in [2.24, 2.45) is 46.3 Å². The molecule has 10 atom stereocenters. The van der Waals surface area contributed by atoms with E-state index in [9.17, 15) is 14.7 Å². The van der Waals surface area contributed by atoms with Gasteiger partial charge in [-0.15, -0.1) is 0 Å². The first-order chi connectivity index (χ1) is 14.6. The second-order valence-electron chi connectivity index (χ2n) is 11.8. The van der Waals surface area contributed by atoms with E-state index in [1.165, 1.54) is 32.6 Å². The standard InChI is InChI=1S/C26H42O5/c1-15(14-27)20-6-7-21-24-22(9-11-26(20,21)5)25(4)10-8-19(30-16(2)28)12-18(25)13-23(24)31-17(3)29/h15,18-24,27H,6-14H2,1-5H3/t15-,18+,19+,20-,21?,22?,23?,24+,25+,26-/m1/s1. The van der Waals surface area contributed by atoms with Crippen molar-refractivity contribution in [1.82, 2.24) is 0 Å². The predicted molar refractivity (Wildman–Crippen MR) is 118 cm³/mol. The number of carbonyl (C=O) groups excluding carboxylic acids is 2. The molecule has 0 amide bonds. The van der Waals surface area contributed by atoms with E-state index in [1.807, 2.05) is 0 Å². The third kappa shape index (κ3) is 3.83. The highest BCUT2D eigenvalue weighted by molar-refractivity contribution is 5.66. The van der Waals surface area contributed by atoms with Crippen molar-refractivity contribution < 1.29 is 24.2 Å². The van der Waals surface area contributed by atoms with Gasteiger partial charge >= 0.3 is 11.9 Å². The lowest BCUT2D eigenvalue weighted by Gasteiger charge is -2.62. The fourth-order valence-corrected chi connectivity index (χ4v) is 8.94. The lowest BCUT2D eigenvalue weighted by molar-refractivity contribution is -0.197. The van der Waals surface area contributed by atoms with Crippen molar-refractivity contribution in [3.63, 3.8) is 0 Å².